The summed E-state index contributed by atoms with van der Waals surface area (Å²) in [6.45, 7) is -0.248. The molecule has 3 heteroatoms. The topological polar surface area (TPSA) is 37.3 Å². The number of rotatable bonds is 6. The molecule has 3 aromatic rings. The van der Waals surface area contributed by atoms with Gasteiger partial charge in [-0.05, 0) is 29.2 Å². The molecule has 0 bridgehead atoms. The summed E-state index contributed by atoms with van der Waals surface area (Å²) in [7, 11) is 0. The third-order valence-corrected chi connectivity index (χ3v) is 8.58. The molecule has 1 N–H and O–H groups in total. The highest BCUT2D eigenvalue weighted by Crippen LogP contribution is 2.43. The molecule has 0 radical (unpaired) electrons. The Bertz CT molecular complexity index is 871. The van der Waals surface area contributed by atoms with Crippen LogP contribution in [0.25, 0.3) is 0 Å². The maximum atomic E-state index is 11.6. The Kier molecular flexibility index (Phi) is 6.11. The number of hydrogen-bond acceptors (Lipinski definition) is 1. The quantitative estimate of drug-likeness (QED) is 0.519. The minimum atomic E-state index is -2.12. The molecular weight excluding hydrogens is 351 g/mol. The number of carboxylic acid groups (broad SMARTS) is 1. The van der Waals surface area contributed by atoms with E-state index in [1.807, 2.05) is 67.6 Å². The van der Waals surface area contributed by atoms with Crippen molar-refractivity contribution in [2.45, 2.75) is 13.3 Å². The van der Waals surface area contributed by atoms with Crippen LogP contribution in [0.5, 0.6) is 0 Å². The highest BCUT2D eigenvalue weighted by atomic mass is 31.2. The zero-order valence-electron chi connectivity index (χ0n) is 15.3. The van der Waals surface area contributed by atoms with Crippen molar-refractivity contribution in [1.82, 2.24) is 0 Å². The van der Waals surface area contributed by atoms with Crippen LogP contribution in [-0.4, -0.2) is 16.9 Å². The fourth-order valence-corrected chi connectivity index (χ4v) is 6.98. The Balaban J connectivity index is 2.42. The molecular formula is C24H23O2P. The zero-order valence-corrected chi connectivity index (χ0v) is 16.2. The minimum Gasteiger partial charge on any atom is -0.478 e. The van der Waals surface area contributed by atoms with Crippen molar-refractivity contribution in [3.8, 4) is 0 Å². The number of carbonyl (C=O) groups is 1. The van der Waals surface area contributed by atoms with Gasteiger partial charge in [-0.15, -0.1) is 0 Å². The second-order valence-electron chi connectivity index (χ2n) is 6.23. The SMILES string of the molecule is CCC(=CC=P(c1ccccc1)(c1ccccc1)c1ccccc1)C(=O)O. The second kappa shape index (κ2) is 8.70. The molecule has 136 valence electrons. The molecule has 27 heavy (non-hydrogen) atoms. The lowest BCUT2D eigenvalue weighted by Gasteiger charge is -2.28. The van der Waals surface area contributed by atoms with Gasteiger partial charge in [0, 0.05) is 5.57 Å². The van der Waals surface area contributed by atoms with E-state index in [4.69, 9.17) is 0 Å². The molecule has 0 amide bonds. The molecule has 0 aliphatic rings. The van der Waals surface area contributed by atoms with Crippen LogP contribution in [0.1, 0.15) is 13.3 Å². The van der Waals surface area contributed by atoms with E-state index in [1.54, 1.807) is 0 Å². The van der Waals surface area contributed by atoms with Crippen LogP contribution in [0.15, 0.2) is 103 Å². The van der Waals surface area contributed by atoms with Crippen molar-refractivity contribution in [2.75, 3.05) is 0 Å². The molecule has 0 atom stereocenters. The maximum absolute atomic E-state index is 11.6. The first-order valence-electron chi connectivity index (χ1n) is 9.02. The molecule has 3 aromatic carbocycles. The van der Waals surface area contributed by atoms with Gasteiger partial charge in [0.15, 0.2) is 0 Å². The Morgan fingerprint density at radius 2 is 1.15 bits per heavy atom. The van der Waals surface area contributed by atoms with Crippen molar-refractivity contribution in [2.24, 2.45) is 0 Å². The fourth-order valence-electron chi connectivity index (χ4n) is 3.24. The summed E-state index contributed by atoms with van der Waals surface area (Å²) in [5, 5.41) is 13.1. The normalized spacial score (nSPS) is 11.8. The summed E-state index contributed by atoms with van der Waals surface area (Å²) in [5.41, 5.74) is 0.419. The molecule has 3 rings (SSSR count). The predicted molar refractivity (Wildman–Crippen MR) is 117 cm³/mol. The van der Waals surface area contributed by atoms with Gasteiger partial charge in [-0.3, -0.25) is 0 Å². The van der Waals surface area contributed by atoms with Crippen molar-refractivity contribution < 1.29 is 9.90 Å². The molecule has 0 saturated heterocycles. The third-order valence-electron chi connectivity index (χ3n) is 4.65. The van der Waals surface area contributed by atoms with Crippen LogP contribution in [0.4, 0.5) is 0 Å². The van der Waals surface area contributed by atoms with Gasteiger partial charge < -0.3 is 5.11 Å². The first-order valence-corrected chi connectivity index (χ1v) is 10.9. The van der Waals surface area contributed by atoms with Gasteiger partial charge in [-0.1, -0.05) is 110 Å². The van der Waals surface area contributed by atoms with Crippen molar-refractivity contribution in [1.29, 1.82) is 0 Å². The van der Waals surface area contributed by atoms with Gasteiger partial charge in [0.1, 0.15) is 0 Å². The Labute approximate surface area is 160 Å². The van der Waals surface area contributed by atoms with Crippen LogP contribution in [0.3, 0.4) is 0 Å². The maximum Gasteiger partial charge on any atom is 0.331 e. The number of aliphatic carboxylic acids is 1. The Morgan fingerprint density at radius 1 is 0.778 bits per heavy atom. The summed E-state index contributed by atoms with van der Waals surface area (Å²) in [5.74, 6) is 1.28. The first-order chi connectivity index (χ1) is 13.2. The number of hydrogen-bond donors (Lipinski definition) is 1. The van der Waals surface area contributed by atoms with Gasteiger partial charge in [0.05, 0.1) is 0 Å². The molecule has 2 nitrogen and oxygen atoms in total. The van der Waals surface area contributed by atoms with Gasteiger partial charge in [0.2, 0.25) is 0 Å². The average molecular weight is 374 g/mol. The molecule has 0 saturated carbocycles. The number of carboxylic acids is 1. The summed E-state index contributed by atoms with van der Waals surface area (Å²) < 4.78 is 0. The second-order valence-corrected chi connectivity index (χ2v) is 9.52. The number of benzene rings is 3. The molecule has 0 heterocycles. The van der Waals surface area contributed by atoms with Crippen molar-refractivity contribution in [3.63, 3.8) is 0 Å². The lowest BCUT2D eigenvalue weighted by atomic mass is 10.2. The van der Waals surface area contributed by atoms with E-state index in [0.29, 0.717) is 12.0 Å². The monoisotopic (exact) mass is 374 g/mol. The lowest BCUT2D eigenvalue weighted by Crippen LogP contribution is -2.26. The molecule has 0 unspecified atom stereocenters. The zero-order chi connectivity index (χ0) is 19.1. The van der Waals surface area contributed by atoms with E-state index in [2.05, 4.69) is 42.2 Å². The van der Waals surface area contributed by atoms with E-state index < -0.39 is 12.9 Å². The summed E-state index contributed by atoms with van der Waals surface area (Å²) in [6.07, 6.45) is 2.30. The van der Waals surface area contributed by atoms with Crippen molar-refractivity contribution in [3.05, 3.63) is 103 Å². The highest BCUT2D eigenvalue weighted by molar-refractivity contribution is 7.94. The Hall–Kier alpha value is -2.83. The van der Waals surface area contributed by atoms with E-state index >= 15 is 0 Å². The van der Waals surface area contributed by atoms with E-state index in [9.17, 15) is 9.90 Å². The molecule has 0 aliphatic heterocycles. The lowest BCUT2D eigenvalue weighted by molar-refractivity contribution is -0.132. The standard InChI is InChI=1S/C24H23O2P/c1-2-20(24(25)26)18-19-27(21-12-6-3-7-13-21,22-14-8-4-9-15-22)23-16-10-5-11-17-23/h3-19H,2H2,1H3,(H,25,26). The summed E-state index contributed by atoms with van der Waals surface area (Å²) in [6, 6.07) is 31.2. The third kappa shape index (κ3) is 3.97. The van der Waals surface area contributed by atoms with Crippen molar-refractivity contribution >= 4 is 34.6 Å². The van der Waals surface area contributed by atoms with Crippen LogP contribution in [-0.2, 0) is 4.79 Å². The summed E-state index contributed by atoms with van der Waals surface area (Å²) in [4.78, 5) is 11.6. The average Bonchev–Trinajstić information content (AvgIpc) is 2.73. The smallest absolute Gasteiger partial charge is 0.331 e. The Morgan fingerprint density at radius 3 is 1.44 bits per heavy atom. The van der Waals surface area contributed by atoms with Crippen LogP contribution in [0, 0.1) is 0 Å². The molecule has 0 aromatic heterocycles. The predicted octanol–water partition coefficient (Wildman–Crippen LogP) is 4.20. The van der Waals surface area contributed by atoms with Gasteiger partial charge in [-0.2, -0.15) is 0 Å². The summed E-state index contributed by atoms with van der Waals surface area (Å²) >= 11 is 0. The largest absolute Gasteiger partial charge is 0.478 e. The van der Waals surface area contributed by atoms with E-state index in [0.717, 1.165) is 0 Å². The number of allylic oxidation sites excluding steroid dienone is 1. The molecule has 0 aliphatic carbocycles. The van der Waals surface area contributed by atoms with Crippen LogP contribution >= 0.6 is 6.89 Å². The molecule has 0 spiro atoms. The van der Waals surface area contributed by atoms with E-state index in [1.165, 1.54) is 15.9 Å². The highest BCUT2D eigenvalue weighted by Gasteiger charge is 2.24. The van der Waals surface area contributed by atoms with Crippen LogP contribution < -0.4 is 15.9 Å². The van der Waals surface area contributed by atoms with Gasteiger partial charge >= 0.3 is 5.97 Å². The van der Waals surface area contributed by atoms with Crippen LogP contribution in [0.2, 0.25) is 0 Å². The van der Waals surface area contributed by atoms with Gasteiger partial charge in [-0.25, -0.2) is 4.79 Å². The molecule has 0 fully saturated rings. The first kappa shape index (κ1) is 18.9. The fraction of sp³-hybridized carbons (Fsp3) is 0.0833. The van der Waals surface area contributed by atoms with Gasteiger partial charge in [0.25, 0.3) is 0 Å². The minimum absolute atomic E-state index is 0.419. The van der Waals surface area contributed by atoms with E-state index in [-0.39, 0.29) is 0 Å².